The minimum atomic E-state index is -3.76. The normalized spacial score (nSPS) is 15.1. The quantitative estimate of drug-likeness (QED) is 0.638. The Morgan fingerprint density at radius 3 is 2.41 bits per heavy atom. The predicted octanol–water partition coefficient (Wildman–Crippen LogP) is 3.30. The summed E-state index contributed by atoms with van der Waals surface area (Å²) in [6.45, 7) is 3.41. The van der Waals surface area contributed by atoms with Crippen molar-refractivity contribution in [2.24, 2.45) is 5.92 Å². The molecule has 0 spiro atoms. The summed E-state index contributed by atoms with van der Waals surface area (Å²) in [5.74, 6) is -2.21. The van der Waals surface area contributed by atoms with E-state index in [1.165, 1.54) is 44.2 Å². The van der Waals surface area contributed by atoms with Crippen LogP contribution in [0.5, 0.6) is 0 Å². The van der Waals surface area contributed by atoms with Crippen LogP contribution in [-0.4, -0.2) is 50.4 Å². The maximum Gasteiger partial charge on any atom is 0.219 e. The molecule has 1 fully saturated rings. The first kappa shape index (κ1) is 24.0. The summed E-state index contributed by atoms with van der Waals surface area (Å²) in [6, 6.07) is 8.54. The first-order valence-corrected chi connectivity index (χ1v) is 12.0. The third-order valence-corrected chi connectivity index (χ3v) is 7.17. The highest BCUT2D eigenvalue weighted by Gasteiger charge is 2.26. The number of amides is 1. The van der Waals surface area contributed by atoms with Crippen molar-refractivity contribution in [1.29, 1.82) is 0 Å². The van der Waals surface area contributed by atoms with Gasteiger partial charge in [0, 0.05) is 20.0 Å². The zero-order valence-corrected chi connectivity index (χ0v) is 18.8. The van der Waals surface area contributed by atoms with Crippen LogP contribution < -0.4 is 4.72 Å². The van der Waals surface area contributed by atoms with Crippen LogP contribution in [0.15, 0.2) is 36.4 Å². The number of rotatable bonds is 7. The van der Waals surface area contributed by atoms with Crippen molar-refractivity contribution in [2.75, 3.05) is 25.4 Å². The maximum atomic E-state index is 14.6. The lowest BCUT2D eigenvalue weighted by atomic mass is 9.97. The molecule has 0 bridgehead atoms. The molecule has 0 aromatic heterocycles. The van der Waals surface area contributed by atoms with Crippen LogP contribution in [0.25, 0.3) is 11.1 Å². The molecule has 1 aliphatic heterocycles. The number of sulfonamides is 1. The fraction of sp³-hybridized carbons (Fsp3) is 0.391. The van der Waals surface area contributed by atoms with Gasteiger partial charge >= 0.3 is 0 Å². The first-order valence-electron chi connectivity index (χ1n) is 10.4. The molecule has 0 radical (unpaired) electrons. The number of ketones is 1. The Morgan fingerprint density at radius 1 is 1.09 bits per heavy atom. The van der Waals surface area contributed by atoms with Crippen molar-refractivity contribution < 1.29 is 26.8 Å². The Balaban J connectivity index is 1.67. The van der Waals surface area contributed by atoms with E-state index in [1.807, 2.05) is 0 Å². The zero-order valence-electron chi connectivity index (χ0n) is 18.0. The fourth-order valence-corrected chi connectivity index (χ4v) is 5.28. The van der Waals surface area contributed by atoms with Gasteiger partial charge in [0.25, 0.3) is 0 Å². The van der Waals surface area contributed by atoms with Crippen LogP contribution in [0, 0.1) is 24.5 Å². The highest BCUT2D eigenvalue weighted by atomic mass is 32.2. The Labute approximate surface area is 186 Å². The number of Topliss-reactive ketones (excluding diaryl/α,β-unsaturated/α-hetero) is 1. The smallest absolute Gasteiger partial charge is 0.219 e. The van der Waals surface area contributed by atoms with Crippen molar-refractivity contribution in [2.45, 2.75) is 26.7 Å². The monoisotopic (exact) mass is 464 g/mol. The molecule has 3 rings (SSSR count). The van der Waals surface area contributed by atoms with Crippen LogP contribution in [0.1, 0.15) is 35.7 Å². The van der Waals surface area contributed by atoms with E-state index >= 15 is 0 Å². The van der Waals surface area contributed by atoms with Crippen molar-refractivity contribution in [3.05, 3.63) is 59.2 Å². The standard InChI is InChI=1S/C23H26F2N2O4S/c1-15-10-19(18-4-3-5-20(24)11-18)12-21(23(15)25)22(29)13-26-32(30,31)14-17-6-8-27(9-7-17)16(2)28/h3-5,10-12,17,26H,6-9,13-14H2,1-2H3. The highest BCUT2D eigenvalue weighted by molar-refractivity contribution is 7.89. The molecular weight excluding hydrogens is 438 g/mol. The number of likely N-dealkylation sites (tertiary alicyclic amines) is 1. The lowest BCUT2D eigenvalue weighted by Crippen LogP contribution is -2.41. The molecule has 0 atom stereocenters. The van der Waals surface area contributed by atoms with Gasteiger partial charge in [-0.05, 0) is 66.6 Å². The van der Waals surface area contributed by atoms with E-state index < -0.39 is 34.0 Å². The van der Waals surface area contributed by atoms with Gasteiger partial charge in [0.2, 0.25) is 15.9 Å². The molecule has 0 unspecified atom stereocenters. The predicted molar refractivity (Wildman–Crippen MR) is 118 cm³/mol. The molecule has 1 amide bonds. The number of nitrogens with zero attached hydrogens (tertiary/aromatic N) is 1. The molecule has 2 aromatic carbocycles. The van der Waals surface area contributed by atoms with E-state index in [9.17, 15) is 26.8 Å². The second-order valence-corrected chi connectivity index (χ2v) is 9.99. The van der Waals surface area contributed by atoms with E-state index in [4.69, 9.17) is 0 Å². The van der Waals surface area contributed by atoms with Crippen LogP contribution >= 0.6 is 0 Å². The van der Waals surface area contributed by atoms with Gasteiger partial charge in [-0.1, -0.05) is 12.1 Å². The lowest BCUT2D eigenvalue weighted by Gasteiger charge is -2.31. The van der Waals surface area contributed by atoms with E-state index in [-0.39, 0.29) is 28.7 Å². The number of hydrogen-bond acceptors (Lipinski definition) is 4. The number of piperidine rings is 1. The van der Waals surface area contributed by atoms with Gasteiger partial charge in [0.1, 0.15) is 11.6 Å². The van der Waals surface area contributed by atoms with E-state index in [0.717, 1.165) is 0 Å². The summed E-state index contributed by atoms with van der Waals surface area (Å²) in [7, 11) is -3.76. The van der Waals surface area contributed by atoms with Crippen molar-refractivity contribution in [1.82, 2.24) is 9.62 Å². The van der Waals surface area contributed by atoms with Gasteiger partial charge in [0.05, 0.1) is 17.9 Å². The maximum absolute atomic E-state index is 14.6. The Hall–Kier alpha value is -2.65. The number of hydrogen-bond donors (Lipinski definition) is 1. The minimum absolute atomic E-state index is 0.0344. The summed E-state index contributed by atoms with van der Waals surface area (Å²) in [5, 5.41) is 0. The summed E-state index contributed by atoms with van der Waals surface area (Å²) in [5.41, 5.74) is 0.906. The summed E-state index contributed by atoms with van der Waals surface area (Å²) in [4.78, 5) is 25.7. The number of carbonyl (C=O) groups is 2. The molecule has 1 heterocycles. The number of aryl methyl sites for hydroxylation is 1. The topological polar surface area (TPSA) is 83.6 Å². The SMILES string of the molecule is CC(=O)N1CCC(CS(=O)(=O)NCC(=O)c2cc(-c3cccc(F)c3)cc(C)c2F)CC1. The van der Waals surface area contributed by atoms with Crippen LogP contribution in [0.3, 0.4) is 0 Å². The largest absolute Gasteiger partial charge is 0.343 e. The third-order valence-electron chi connectivity index (χ3n) is 5.68. The number of nitrogens with one attached hydrogen (secondary N) is 1. The number of halogens is 2. The second kappa shape index (κ2) is 9.87. The van der Waals surface area contributed by atoms with Gasteiger partial charge in [-0.15, -0.1) is 0 Å². The molecule has 0 aliphatic carbocycles. The van der Waals surface area contributed by atoms with Gasteiger partial charge in [-0.2, -0.15) is 0 Å². The zero-order chi connectivity index (χ0) is 23.5. The number of carbonyl (C=O) groups excluding carboxylic acids is 2. The fourth-order valence-electron chi connectivity index (χ4n) is 3.86. The van der Waals surface area contributed by atoms with Crippen LogP contribution in [0.2, 0.25) is 0 Å². The number of benzene rings is 2. The second-order valence-electron chi connectivity index (χ2n) is 8.14. The van der Waals surface area contributed by atoms with Gasteiger partial charge in [-0.25, -0.2) is 21.9 Å². The molecule has 32 heavy (non-hydrogen) atoms. The summed E-state index contributed by atoms with van der Waals surface area (Å²) in [6.07, 6.45) is 1.13. The molecule has 0 saturated carbocycles. The van der Waals surface area contributed by atoms with Crippen molar-refractivity contribution in [3.8, 4) is 11.1 Å². The minimum Gasteiger partial charge on any atom is -0.343 e. The van der Waals surface area contributed by atoms with Gasteiger partial charge < -0.3 is 4.90 Å². The van der Waals surface area contributed by atoms with Gasteiger partial charge in [-0.3, -0.25) is 9.59 Å². The molecule has 1 saturated heterocycles. The van der Waals surface area contributed by atoms with Crippen molar-refractivity contribution >= 4 is 21.7 Å². The van der Waals surface area contributed by atoms with Gasteiger partial charge in [0.15, 0.2) is 5.78 Å². The lowest BCUT2D eigenvalue weighted by molar-refractivity contribution is -0.130. The van der Waals surface area contributed by atoms with E-state index in [0.29, 0.717) is 37.1 Å². The Morgan fingerprint density at radius 2 is 1.78 bits per heavy atom. The van der Waals surface area contributed by atoms with E-state index in [1.54, 1.807) is 11.0 Å². The van der Waals surface area contributed by atoms with E-state index in [2.05, 4.69) is 4.72 Å². The summed E-state index contributed by atoms with van der Waals surface area (Å²) >= 11 is 0. The average molecular weight is 465 g/mol. The van der Waals surface area contributed by atoms with Crippen LogP contribution in [0.4, 0.5) is 8.78 Å². The Kier molecular flexibility index (Phi) is 7.40. The molecule has 1 aliphatic rings. The summed E-state index contributed by atoms with van der Waals surface area (Å²) < 4.78 is 55.3. The molecule has 2 aromatic rings. The third kappa shape index (κ3) is 5.98. The highest BCUT2D eigenvalue weighted by Crippen LogP contribution is 2.26. The van der Waals surface area contributed by atoms with Crippen LogP contribution in [-0.2, 0) is 14.8 Å². The Bertz CT molecular complexity index is 1130. The molecule has 172 valence electrons. The molecular formula is C23H26F2N2O4S. The van der Waals surface area contributed by atoms with Crippen molar-refractivity contribution in [3.63, 3.8) is 0 Å². The molecule has 9 heteroatoms. The average Bonchev–Trinajstić information content (AvgIpc) is 2.74. The molecule has 1 N–H and O–H groups in total. The molecule has 6 nitrogen and oxygen atoms in total. The first-order chi connectivity index (χ1) is 15.1.